The summed E-state index contributed by atoms with van der Waals surface area (Å²) in [7, 11) is 0. The van der Waals surface area contributed by atoms with Crippen LogP contribution in [0, 0.1) is 25.7 Å². The molecule has 0 bridgehead atoms. The van der Waals surface area contributed by atoms with E-state index in [1.54, 1.807) is 5.57 Å². The van der Waals surface area contributed by atoms with Gasteiger partial charge in [0.1, 0.15) is 0 Å². The van der Waals surface area contributed by atoms with Gasteiger partial charge in [0.25, 0.3) is 0 Å². The van der Waals surface area contributed by atoms with Crippen LogP contribution in [-0.2, 0) is 0 Å². The maximum atomic E-state index is 2.40. The lowest BCUT2D eigenvalue weighted by molar-refractivity contribution is 0.915. The predicted octanol–water partition coefficient (Wildman–Crippen LogP) is 6.26. The van der Waals surface area contributed by atoms with E-state index in [2.05, 4.69) is 71.0 Å². The van der Waals surface area contributed by atoms with Crippen LogP contribution in [0.5, 0.6) is 0 Å². The number of rotatable bonds is 1. The van der Waals surface area contributed by atoms with Crippen LogP contribution in [0.4, 0.5) is 0 Å². The highest BCUT2D eigenvalue weighted by Gasteiger charge is 2.39. The van der Waals surface area contributed by atoms with Crippen LogP contribution in [0.2, 0.25) is 0 Å². The molecule has 2 unspecified atom stereocenters. The fourth-order valence-electron chi connectivity index (χ4n) is 2.89. The Morgan fingerprint density at radius 1 is 1.14 bits per heavy atom. The van der Waals surface area contributed by atoms with Gasteiger partial charge in [-0.05, 0) is 76.5 Å². The van der Waals surface area contributed by atoms with Crippen molar-refractivity contribution in [2.45, 2.75) is 48.0 Å². The van der Waals surface area contributed by atoms with Gasteiger partial charge in [-0.1, -0.05) is 53.1 Å². The second-order valence-corrected chi connectivity index (χ2v) is 6.65. The lowest BCUT2D eigenvalue weighted by Gasteiger charge is -2.15. The summed E-state index contributed by atoms with van der Waals surface area (Å²) >= 11 is 0. The number of hydrogen-bond acceptors (Lipinski definition) is 0. The number of aryl methyl sites for hydroxylation is 2. The van der Waals surface area contributed by atoms with Crippen LogP contribution < -0.4 is 0 Å². The molecule has 0 spiro atoms. The molecule has 2 atom stereocenters. The summed E-state index contributed by atoms with van der Waals surface area (Å²) in [5.41, 5.74) is 8.62. The zero-order valence-corrected chi connectivity index (χ0v) is 14.3. The van der Waals surface area contributed by atoms with Gasteiger partial charge < -0.3 is 0 Å². The number of fused-ring (bicyclic) bond motifs is 1. The van der Waals surface area contributed by atoms with Crippen molar-refractivity contribution in [2.75, 3.05) is 0 Å². The van der Waals surface area contributed by atoms with Gasteiger partial charge in [-0.25, -0.2) is 0 Å². The van der Waals surface area contributed by atoms with E-state index in [9.17, 15) is 0 Å². The van der Waals surface area contributed by atoms with Gasteiger partial charge in [-0.15, -0.1) is 0 Å². The molecule has 0 heteroatoms. The van der Waals surface area contributed by atoms with Gasteiger partial charge in [0.15, 0.2) is 0 Å². The average molecular weight is 280 g/mol. The highest BCUT2D eigenvalue weighted by atomic mass is 14.4. The average Bonchev–Trinajstić information content (AvgIpc) is 3.21. The molecular weight excluding hydrogens is 252 g/mol. The molecule has 0 radical (unpaired) electrons. The lowest BCUT2D eigenvalue weighted by atomic mass is 9.90. The van der Waals surface area contributed by atoms with Crippen molar-refractivity contribution < 1.29 is 0 Å². The maximum absolute atomic E-state index is 2.40. The summed E-state index contributed by atoms with van der Waals surface area (Å²) in [4.78, 5) is 0. The molecule has 2 aliphatic carbocycles. The minimum Gasteiger partial charge on any atom is -0.0890 e. The normalized spacial score (nSPS) is 22.2. The van der Waals surface area contributed by atoms with E-state index in [0.717, 1.165) is 11.8 Å². The Labute approximate surface area is 130 Å². The van der Waals surface area contributed by atoms with Crippen LogP contribution in [0.1, 0.15) is 50.8 Å². The third-order valence-corrected chi connectivity index (χ3v) is 4.58. The van der Waals surface area contributed by atoms with Crippen molar-refractivity contribution in [1.82, 2.24) is 0 Å². The van der Waals surface area contributed by atoms with E-state index in [4.69, 9.17) is 0 Å². The predicted molar refractivity (Wildman–Crippen MR) is 94.4 cm³/mol. The Kier molecular flexibility index (Phi) is 4.88. The molecule has 0 heterocycles. The van der Waals surface area contributed by atoms with Crippen molar-refractivity contribution in [1.29, 1.82) is 0 Å². The zero-order chi connectivity index (χ0) is 15.6. The second-order valence-electron chi connectivity index (χ2n) is 6.65. The van der Waals surface area contributed by atoms with E-state index in [1.165, 1.54) is 34.3 Å². The molecule has 1 aromatic rings. The zero-order valence-electron chi connectivity index (χ0n) is 14.3. The molecule has 3 rings (SSSR count). The van der Waals surface area contributed by atoms with E-state index in [0.29, 0.717) is 0 Å². The van der Waals surface area contributed by atoms with Crippen molar-refractivity contribution in [3.05, 3.63) is 64.3 Å². The Bertz CT molecular complexity index is 607. The summed E-state index contributed by atoms with van der Waals surface area (Å²) in [6.07, 6.45) is 8.18. The van der Waals surface area contributed by atoms with Crippen LogP contribution in [0.15, 0.2) is 47.6 Å². The third kappa shape index (κ3) is 3.75. The molecule has 1 aromatic carbocycles. The van der Waals surface area contributed by atoms with Crippen LogP contribution in [-0.4, -0.2) is 0 Å². The Morgan fingerprint density at radius 3 is 2.38 bits per heavy atom. The smallest absolute Gasteiger partial charge is 0.0128 e. The molecule has 0 nitrogen and oxygen atoms in total. The Balaban J connectivity index is 0.000000282. The van der Waals surface area contributed by atoms with E-state index in [-0.39, 0.29) is 0 Å². The van der Waals surface area contributed by atoms with Crippen LogP contribution >= 0.6 is 0 Å². The van der Waals surface area contributed by atoms with Gasteiger partial charge in [-0.2, -0.15) is 0 Å². The molecule has 0 saturated heterocycles. The molecule has 0 amide bonds. The number of benzene rings is 1. The quantitative estimate of drug-likeness (QED) is 0.533. The van der Waals surface area contributed by atoms with Crippen molar-refractivity contribution in [3.8, 4) is 0 Å². The molecule has 112 valence electrons. The fourth-order valence-corrected chi connectivity index (χ4v) is 2.89. The SMILES string of the molecule is CC1=C(c2ccc(C)cc2C)C=CC2CC12.CC=C(C)C. The highest BCUT2D eigenvalue weighted by Crippen LogP contribution is 2.50. The topological polar surface area (TPSA) is 0 Å². The molecule has 21 heavy (non-hydrogen) atoms. The first-order valence-electron chi connectivity index (χ1n) is 8.00. The first-order chi connectivity index (χ1) is 9.93. The summed E-state index contributed by atoms with van der Waals surface area (Å²) in [6.45, 7) is 12.9. The summed E-state index contributed by atoms with van der Waals surface area (Å²) in [5, 5.41) is 0. The number of hydrogen-bond donors (Lipinski definition) is 0. The first-order valence-corrected chi connectivity index (χ1v) is 8.00. The van der Waals surface area contributed by atoms with Crippen molar-refractivity contribution in [3.63, 3.8) is 0 Å². The molecule has 0 aromatic heterocycles. The first kappa shape index (κ1) is 15.8. The van der Waals surface area contributed by atoms with Gasteiger partial charge in [0, 0.05) is 0 Å². The minimum atomic E-state index is 0.848. The molecule has 1 saturated carbocycles. The van der Waals surface area contributed by atoms with Gasteiger partial charge in [0.05, 0.1) is 0 Å². The van der Waals surface area contributed by atoms with Gasteiger partial charge in [-0.3, -0.25) is 0 Å². The maximum Gasteiger partial charge on any atom is -0.0128 e. The third-order valence-electron chi connectivity index (χ3n) is 4.58. The molecular formula is C21H28. The Morgan fingerprint density at radius 2 is 1.81 bits per heavy atom. The van der Waals surface area contributed by atoms with Crippen molar-refractivity contribution in [2.24, 2.45) is 11.8 Å². The van der Waals surface area contributed by atoms with E-state index < -0.39 is 0 Å². The van der Waals surface area contributed by atoms with Gasteiger partial charge >= 0.3 is 0 Å². The van der Waals surface area contributed by atoms with Crippen LogP contribution in [0.25, 0.3) is 5.57 Å². The number of allylic oxidation sites excluding steroid dienone is 6. The van der Waals surface area contributed by atoms with Crippen molar-refractivity contribution >= 4 is 5.57 Å². The molecule has 2 aliphatic rings. The summed E-state index contributed by atoms with van der Waals surface area (Å²) < 4.78 is 0. The Hall–Kier alpha value is -1.56. The minimum absolute atomic E-state index is 0.848. The summed E-state index contributed by atoms with van der Waals surface area (Å²) in [6, 6.07) is 6.77. The highest BCUT2D eigenvalue weighted by molar-refractivity contribution is 5.80. The van der Waals surface area contributed by atoms with E-state index in [1.807, 2.05) is 6.92 Å². The summed E-state index contributed by atoms with van der Waals surface area (Å²) in [5.74, 6) is 1.70. The van der Waals surface area contributed by atoms with Crippen LogP contribution in [0.3, 0.4) is 0 Å². The lowest BCUT2D eigenvalue weighted by Crippen LogP contribution is -1.97. The molecule has 0 N–H and O–H groups in total. The largest absolute Gasteiger partial charge is 0.0890 e. The second kappa shape index (κ2) is 6.47. The standard InChI is InChI=1S/C16H18.C5H10/c1-10-4-6-14(11(2)8-10)15-7-5-13-9-16(13)12(15)3;1-4-5(2)3/h4-8,13,16H,9H2,1-3H3;4H,1-3H3. The van der Waals surface area contributed by atoms with E-state index >= 15 is 0 Å². The fraction of sp³-hybridized carbons (Fsp3) is 0.429. The molecule has 0 aliphatic heterocycles. The van der Waals surface area contributed by atoms with Gasteiger partial charge in [0.2, 0.25) is 0 Å². The monoisotopic (exact) mass is 280 g/mol. The molecule has 1 fully saturated rings.